The summed E-state index contributed by atoms with van der Waals surface area (Å²) < 4.78 is 5.73. The van der Waals surface area contributed by atoms with Crippen molar-refractivity contribution in [2.24, 2.45) is 57.7 Å². The Morgan fingerprint density at radius 1 is 0.925 bits per heavy atom. The smallest absolute Gasteiger partial charge is 0.409 e. The molecule has 230 valence electrons. The third kappa shape index (κ3) is 5.03. The van der Waals surface area contributed by atoms with Gasteiger partial charge in [-0.3, -0.25) is 0 Å². The molecule has 4 N–H and O–H groups in total. The lowest BCUT2D eigenvalue weighted by atomic mass is 9.41. The van der Waals surface area contributed by atoms with Gasteiger partial charge in [-0.2, -0.15) is 0 Å². The molecule has 0 aromatic heterocycles. The van der Waals surface area contributed by atoms with E-state index in [1.165, 1.54) is 25.7 Å². The number of carbonyl (C=O) groups is 1. The summed E-state index contributed by atoms with van der Waals surface area (Å²) in [6.07, 6.45) is 9.93. The number of carbonyl (C=O) groups excluding carboxylic acids is 1. The molecule has 7 nitrogen and oxygen atoms in total. The highest BCUT2D eigenvalue weighted by molar-refractivity contribution is 5.67. The fourth-order valence-corrected chi connectivity index (χ4v) is 11.1. The number of hydrogen-bond acceptors (Lipinski definition) is 6. The molecule has 5 fully saturated rings. The van der Waals surface area contributed by atoms with Gasteiger partial charge < -0.3 is 30.1 Å². The van der Waals surface area contributed by atoms with Crippen molar-refractivity contribution >= 4 is 6.09 Å². The molecule has 0 aromatic carbocycles. The van der Waals surface area contributed by atoms with Crippen molar-refractivity contribution in [1.82, 2.24) is 4.90 Å². The number of aliphatic hydroxyl groups excluding tert-OH is 4. The van der Waals surface area contributed by atoms with Crippen LogP contribution in [0.15, 0.2) is 0 Å². The van der Waals surface area contributed by atoms with Crippen molar-refractivity contribution in [2.45, 2.75) is 111 Å². The van der Waals surface area contributed by atoms with Crippen LogP contribution in [0.4, 0.5) is 4.79 Å². The van der Waals surface area contributed by atoms with Gasteiger partial charge in [0.15, 0.2) is 0 Å². The Balaban J connectivity index is 1.20. The molecule has 0 bridgehead atoms. The molecule has 0 radical (unpaired) electrons. The molecule has 1 saturated heterocycles. The Kier molecular flexibility index (Phi) is 8.90. The predicted octanol–water partition coefficient (Wildman–Crippen LogP) is 4.84. The van der Waals surface area contributed by atoms with Crippen LogP contribution < -0.4 is 0 Å². The van der Waals surface area contributed by atoms with Crippen LogP contribution in [0.2, 0.25) is 0 Å². The first-order chi connectivity index (χ1) is 19.0. The SMILES string of the molecule is CC[C@H]1[C@@H](O)C2C(CC[C@]3(C)C([C@H](C)CCOC(=O)N4CCC(CO)(CO)CC4)CC[C@@H]23)[C@@]2(C)CC[C@@H](O)C[C@@H]12. The third-order valence-corrected chi connectivity index (χ3v) is 13.7. The summed E-state index contributed by atoms with van der Waals surface area (Å²) in [6, 6.07) is 0. The standard InChI is InChI=1S/C33H57NO6/c1-5-23-27-18-22(37)8-11-32(27,4)26-9-12-31(3)24(6-7-25(31)28(26)29(23)38)21(2)10-17-40-30(39)34-15-13-33(19-35,20-36)14-16-34/h21-29,35-38H,5-20H2,1-4H3/t21-,22-,23-,24?,25+,26?,27+,28?,29-,31-,32-/m1/s1. The summed E-state index contributed by atoms with van der Waals surface area (Å²) in [4.78, 5) is 14.5. The highest BCUT2D eigenvalue weighted by atomic mass is 16.6. The van der Waals surface area contributed by atoms with Crippen molar-refractivity contribution < 1.29 is 30.0 Å². The number of hydrogen-bond donors (Lipinski definition) is 4. The first-order valence-electron chi connectivity index (χ1n) is 16.5. The zero-order chi connectivity index (χ0) is 28.9. The van der Waals surface area contributed by atoms with E-state index in [4.69, 9.17) is 4.74 Å². The van der Waals surface area contributed by atoms with E-state index in [0.717, 1.165) is 32.1 Å². The number of fused-ring (bicyclic) bond motifs is 5. The van der Waals surface area contributed by atoms with Crippen LogP contribution in [0.25, 0.3) is 0 Å². The maximum absolute atomic E-state index is 12.7. The molecule has 0 spiro atoms. The maximum atomic E-state index is 12.7. The van der Waals surface area contributed by atoms with Gasteiger partial charge >= 0.3 is 6.09 Å². The molecule has 11 atom stereocenters. The maximum Gasteiger partial charge on any atom is 0.409 e. The highest BCUT2D eigenvalue weighted by Crippen LogP contribution is 2.69. The number of aliphatic hydroxyl groups is 4. The Morgan fingerprint density at radius 3 is 2.23 bits per heavy atom. The Hall–Kier alpha value is -0.890. The van der Waals surface area contributed by atoms with E-state index in [2.05, 4.69) is 27.7 Å². The van der Waals surface area contributed by atoms with Gasteiger partial charge in [0, 0.05) is 18.5 Å². The van der Waals surface area contributed by atoms with Crippen molar-refractivity contribution in [3.63, 3.8) is 0 Å². The van der Waals surface area contributed by atoms with Gasteiger partial charge in [0.25, 0.3) is 0 Å². The average molecular weight is 564 g/mol. The molecule has 3 unspecified atom stereocenters. The number of amides is 1. The normalized spacial score (nSPS) is 45.2. The van der Waals surface area contributed by atoms with Crippen LogP contribution in [0, 0.1) is 57.7 Å². The number of rotatable bonds is 7. The Bertz CT molecular complexity index is 884. The van der Waals surface area contributed by atoms with Crippen LogP contribution in [0.5, 0.6) is 0 Å². The molecule has 1 amide bonds. The van der Waals surface area contributed by atoms with Gasteiger partial charge in [-0.1, -0.05) is 34.1 Å². The fourth-order valence-electron chi connectivity index (χ4n) is 11.1. The molecule has 0 aromatic rings. The van der Waals surface area contributed by atoms with Crippen molar-refractivity contribution in [3.8, 4) is 0 Å². The monoisotopic (exact) mass is 563 g/mol. The first-order valence-corrected chi connectivity index (χ1v) is 16.5. The average Bonchev–Trinajstić information content (AvgIpc) is 3.31. The minimum atomic E-state index is -0.474. The fraction of sp³-hybridized carbons (Fsp3) is 0.970. The van der Waals surface area contributed by atoms with Crippen LogP contribution in [-0.4, -0.2) is 76.5 Å². The van der Waals surface area contributed by atoms with E-state index in [0.29, 0.717) is 68.0 Å². The minimum absolute atomic E-state index is 0.0499. The van der Waals surface area contributed by atoms with E-state index in [-0.39, 0.29) is 48.3 Å². The molecule has 1 heterocycles. The van der Waals surface area contributed by atoms with Gasteiger partial charge in [-0.25, -0.2) is 4.79 Å². The van der Waals surface area contributed by atoms with E-state index in [1.807, 2.05) is 0 Å². The summed E-state index contributed by atoms with van der Waals surface area (Å²) in [6.45, 7) is 10.9. The van der Waals surface area contributed by atoms with Gasteiger partial charge in [0.2, 0.25) is 0 Å². The second-order valence-corrected chi connectivity index (χ2v) is 15.3. The summed E-state index contributed by atoms with van der Waals surface area (Å²) >= 11 is 0. The number of piperidine rings is 1. The van der Waals surface area contributed by atoms with Crippen LogP contribution in [0.1, 0.15) is 98.3 Å². The van der Waals surface area contributed by atoms with Crippen molar-refractivity contribution in [2.75, 3.05) is 32.9 Å². The largest absolute Gasteiger partial charge is 0.449 e. The van der Waals surface area contributed by atoms with Crippen LogP contribution in [-0.2, 0) is 4.74 Å². The molecular formula is C33H57NO6. The molecule has 7 heteroatoms. The van der Waals surface area contributed by atoms with Crippen LogP contribution in [0.3, 0.4) is 0 Å². The Morgan fingerprint density at radius 2 is 1.57 bits per heavy atom. The summed E-state index contributed by atoms with van der Waals surface area (Å²) in [5.41, 5.74) is -0.0318. The highest BCUT2D eigenvalue weighted by Gasteiger charge is 2.64. The lowest BCUT2D eigenvalue weighted by Gasteiger charge is -2.64. The number of nitrogens with zero attached hydrogens (tertiary/aromatic N) is 1. The molecule has 5 aliphatic rings. The molecule has 1 aliphatic heterocycles. The van der Waals surface area contributed by atoms with Crippen molar-refractivity contribution in [1.29, 1.82) is 0 Å². The van der Waals surface area contributed by atoms with Crippen LogP contribution >= 0.6 is 0 Å². The summed E-state index contributed by atoms with van der Waals surface area (Å²) in [5.74, 6) is 3.20. The summed E-state index contributed by atoms with van der Waals surface area (Å²) in [7, 11) is 0. The quantitative estimate of drug-likeness (QED) is 0.353. The number of likely N-dealkylation sites (tertiary alicyclic amines) is 1. The molecule has 4 saturated carbocycles. The molecular weight excluding hydrogens is 506 g/mol. The van der Waals surface area contributed by atoms with Gasteiger partial charge in [0.1, 0.15) is 0 Å². The second kappa shape index (κ2) is 11.7. The van der Waals surface area contributed by atoms with E-state index >= 15 is 0 Å². The van der Waals surface area contributed by atoms with E-state index in [1.54, 1.807) is 4.90 Å². The lowest BCUT2D eigenvalue weighted by molar-refractivity contribution is -0.203. The first kappa shape index (κ1) is 30.6. The lowest BCUT2D eigenvalue weighted by Crippen LogP contribution is -2.62. The minimum Gasteiger partial charge on any atom is -0.449 e. The molecule has 40 heavy (non-hydrogen) atoms. The summed E-state index contributed by atoms with van der Waals surface area (Å²) in [5, 5.41) is 41.7. The predicted molar refractivity (Wildman–Crippen MR) is 154 cm³/mol. The zero-order valence-corrected chi connectivity index (χ0v) is 25.6. The van der Waals surface area contributed by atoms with E-state index in [9.17, 15) is 25.2 Å². The van der Waals surface area contributed by atoms with Gasteiger partial charge in [0.05, 0.1) is 32.0 Å². The zero-order valence-electron chi connectivity index (χ0n) is 25.6. The van der Waals surface area contributed by atoms with Crippen molar-refractivity contribution in [3.05, 3.63) is 0 Å². The topological polar surface area (TPSA) is 110 Å². The number of ether oxygens (including phenoxy) is 1. The third-order valence-electron chi connectivity index (χ3n) is 13.7. The second-order valence-electron chi connectivity index (χ2n) is 15.3. The molecule has 5 rings (SSSR count). The van der Waals surface area contributed by atoms with E-state index < -0.39 is 5.41 Å². The molecule has 4 aliphatic carbocycles. The van der Waals surface area contributed by atoms with Gasteiger partial charge in [-0.15, -0.1) is 0 Å². The Labute approximate surface area is 242 Å². The van der Waals surface area contributed by atoms with Gasteiger partial charge in [-0.05, 0) is 116 Å².